The molecule has 0 unspecified atom stereocenters. The molecule has 5 heteroatoms. The number of nitrogens with one attached hydrogen (secondary N) is 1. The van der Waals surface area contributed by atoms with Crippen molar-refractivity contribution in [3.63, 3.8) is 0 Å². The molecule has 2 rings (SSSR count). The van der Waals surface area contributed by atoms with E-state index < -0.39 is 0 Å². The molecule has 2 heterocycles. The van der Waals surface area contributed by atoms with Gasteiger partial charge in [0.1, 0.15) is 11.6 Å². The van der Waals surface area contributed by atoms with Crippen molar-refractivity contribution in [2.75, 3.05) is 19.0 Å². The molecule has 0 amide bonds. The summed E-state index contributed by atoms with van der Waals surface area (Å²) in [6, 6.07) is 3.79. The normalized spacial score (nSPS) is 10.3. The third-order valence-corrected chi connectivity index (χ3v) is 2.82. The molecule has 5 nitrogen and oxygen atoms in total. The van der Waals surface area contributed by atoms with Gasteiger partial charge in [-0.05, 0) is 26.8 Å². The third-order valence-electron chi connectivity index (χ3n) is 2.82. The molecule has 0 aromatic carbocycles. The van der Waals surface area contributed by atoms with Crippen molar-refractivity contribution in [2.45, 2.75) is 20.8 Å². The molecule has 0 bridgehead atoms. The van der Waals surface area contributed by atoms with Crippen LogP contribution >= 0.6 is 0 Å². The summed E-state index contributed by atoms with van der Waals surface area (Å²) >= 11 is 0. The van der Waals surface area contributed by atoms with E-state index in [9.17, 15) is 0 Å². The average Bonchev–Trinajstić information content (AvgIpc) is 2.43. The Kier molecular flexibility index (Phi) is 3.94. The molecule has 0 atom stereocenters. The van der Waals surface area contributed by atoms with E-state index in [0.29, 0.717) is 5.88 Å². The van der Waals surface area contributed by atoms with Crippen molar-refractivity contribution in [1.82, 2.24) is 15.0 Å². The maximum atomic E-state index is 5.07. The molecular weight excluding hydrogens is 240 g/mol. The van der Waals surface area contributed by atoms with Gasteiger partial charge in [0.25, 0.3) is 0 Å². The van der Waals surface area contributed by atoms with Gasteiger partial charge >= 0.3 is 0 Å². The molecule has 1 N–H and O–H groups in total. The predicted molar refractivity (Wildman–Crippen MR) is 75.5 cm³/mol. The van der Waals surface area contributed by atoms with Gasteiger partial charge in [0.05, 0.1) is 12.8 Å². The van der Waals surface area contributed by atoms with E-state index in [2.05, 4.69) is 20.3 Å². The summed E-state index contributed by atoms with van der Waals surface area (Å²) in [5.74, 6) is 2.22. The Balaban J connectivity index is 2.48. The van der Waals surface area contributed by atoms with E-state index in [0.717, 1.165) is 35.0 Å². The Morgan fingerprint density at radius 1 is 1.21 bits per heavy atom. The molecule has 2 aromatic rings. The first-order chi connectivity index (χ1) is 9.15. The first kappa shape index (κ1) is 13.3. The largest absolute Gasteiger partial charge is 0.481 e. The van der Waals surface area contributed by atoms with Crippen LogP contribution in [0.3, 0.4) is 0 Å². The number of nitrogens with zero attached hydrogens (tertiary/aromatic N) is 3. The maximum Gasteiger partial charge on any atom is 0.212 e. The van der Waals surface area contributed by atoms with Gasteiger partial charge in [0.2, 0.25) is 5.88 Å². The lowest BCUT2D eigenvalue weighted by atomic mass is 10.1. The van der Waals surface area contributed by atoms with Gasteiger partial charge in [-0.25, -0.2) is 15.0 Å². The van der Waals surface area contributed by atoms with Crippen molar-refractivity contribution in [2.24, 2.45) is 0 Å². The maximum absolute atomic E-state index is 5.07. The predicted octanol–water partition coefficient (Wildman–Crippen LogP) is 2.60. The zero-order valence-corrected chi connectivity index (χ0v) is 11.7. The van der Waals surface area contributed by atoms with Crippen LogP contribution in [0.5, 0.6) is 5.88 Å². The van der Waals surface area contributed by atoms with E-state index in [1.54, 1.807) is 13.3 Å². The van der Waals surface area contributed by atoms with Gasteiger partial charge in [-0.3, -0.25) is 0 Å². The molecule has 0 radical (unpaired) electrons. The fourth-order valence-electron chi connectivity index (χ4n) is 1.89. The smallest absolute Gasteiger partial charge is 0.212 e. The number of anilines is 1. The Bertz CT molecular complexity index is 566. The van der Waals surface area contributed by atoms with Gasteiger partial charge in [0.15, 0.2) is 0 Å². The highest BCUT2D eigenvalue weighted by molar-refractivity contribution is 5.67. The number of hydrogen-bond acceptors (Lipinski definition) is 5. The molecule has 0 fully saturated rings. The van der Waals surface area contributed by atoms with Crippen LogP contribution in [0.1, 0.15) is 18.3 Å². The van der Waals surface area contributed by atoms with Gasteiger partial charge < -0.3 is 10.1 Å². The van der Waals surface area contributed by atoms with Crippen LogP contribution in [-0.4, -0.2) is 28.6 Å². The van der Waals surface area contributed by atoms with Crippen molar-refractivity contribution in [1.29, 1.82) is 0 Å². The summed E-state index contributed by atoms with van der Waals surface area (Å²) in [5, 5.41) is 3.25. The van der Waals surface area contributed by atoms with E-state index in [-0.39, 0.29) is 0 Å². The molecule has 0 aliphatic carbocycles. The number of rotatable bonds is 4. The first-order valence-corrected chi connectivity index (χ1v) is 6.25. The summed E-state index contributed by atoms with van der Waals surface area (Å²) < 4.78 is 5.07. The van der Waals surface area contributed by atoms with Gasteiger partial charge in [-0.2, -0.15) is 0 Å². The topological polar surface area (TPSA) is 59.9 Å². The summed E-state index contributed by atoms with van der Waals surface area (Å²) in [7, 11) is 1.60. The van der Waals surface area contributed by atoms with Gasteiger partial charge in [0, 0.05) is 29.9 Å². The quantitative estimate of drug-likeness (QED) is 0.913. The second kappa shape index (κ2) is 5.65. The highest BCUT2D eigenvalue weighted by Crippen LogP contribution is 2.26. The molecule has 2 aromatic heterocycles. The monoisotopic (exact) mass is 258 g/mol. The molecule has 19 heavy (non-hydrogen) atoms. The highest BCUT2D eigenvalue weighted by Gasteiger charge is 2.11. The Morgan fingerprint density at radius 2 is 2.00 bits per heavy atom. The average molecular weight is 258 g/mol. The molecule has 0 saturated heterocycles. The van der Waals surface area contributed by atoms with Crippen LogP contribution < -0.4 is 10.1 Å². The zero-order chi connectivity index (χ0) is 13.8. The number of ether oxygens (including phenoxy) is 1. The highest BCUT2D eigenvalue weighted by atomic mass is 16.5. The number of aromatic nitrogens is 3. The fourth-order valence-corrected chi connectivity index (χ4v) is 1.89. The lowest BCUT2D eigenvalue weighted by Gasteiger charge is -2.12. The van der Waals surface area contributed by atoms with Crippen LogP contribution in [0.2, 0.25) is 0 Å². The van der Waals surface area contributed by atoms with Crippen molar-refractivity contribution in [3.05, 3.63) is 29.7 Å². The van der Waals surface area contributed by atoms with E-state index in [4.69, 9.17) is 4.74 Å². The molecule has 0 saturated carbocycles. The third kappa shape index (κ3) is 2.81. The van der Waals surface area contributed by atoms with Crippen molar-refractivity contribution >= 4 is 5.82 Å². The number of pyridine rings is 1. The molecule has 100 valence electrons. The molecular formula is C14H18N4O. The van der Waals surface area contributed by atoms with Crippen LogP contribution in [0.25, 0.3) is 11.3 Å². The molecule has 0 aliphatic rings. The van der Waals surface area contributed by atoms with E-state index >= 15 is 0 Å². The van der Waals surface area contributed by atoms with E-state index in [1.807, 2.05) is 32.9 Å². The second-order valence-corrected chi connectivity index (χ2v) is 4.21. The first-order valence-electron chi connectivity index (χ1n) is 6.25. The Labute approximate surface area is 113 Å². The SMILES string of the molecule is CCNc1nc(C)nc(-c2ccc(OC)nc2)c1C. The number of aryl methyl sites for hydroxylation is 1. The minimum atomic E-state index is 0.596. The zero-order valence-electron chi connectivity index (χ0n) is 11.7. The Morgan fingerprint density at radius 3 is 2.58 bits per heavy atom. The van der Waals surface area contributed by atoms with Crippen molar-refractivity contribution in [3.8, 4) is 17.1 Å². The minimum absolute atomic E-state index is 0.596. The molecule has 0 aliphatic heterocycles. The van der Waals surface area contributed by atoms with Gasteiger partial charge in [-0.15, -0.1) is 0 Å². The standard InChI is InChI=1S/C14H18N4O/c1-5-15-14-9(2)13(17-10(3)18-14)11-6-7-12(19-4)16-8-11/h6-8H,5H2,1-4H3,(H,15,17,18). The minimum Gasteiger partial charge on any atom is -0.481 e. The second-order valence-electron chi connectivity index (χ2n) is 4.21. The number of methoxy groups -OCH3 is 1. The van der Waals surface area contributed by atoms with Crippen LogP contribution in [0.4, 0.5) is 5.82 Å². The summed E-state index contributed by atoms with van der Waals surface area (Å²) in [6.07, 6.45) is 1.77. The summed E-state index contributed by atoms with van der Waals surface area (Å²) in [5.41, 5.74) is 2.89. The summed E-state index contributed by atoms with van der Waals surface area (Å²) in [6.45, 7) is 6.78. The fraction of sp³-hybridized carbons (Fsp3) is 0.357. The van der Waals surface area contributed by atoms with Crippen LogP contribution in [-0.2, 0) is 0 Å². The number of hydrogen-bond donors (Lipinski definition) is 1. The lowest BCUT2D eigenvalue weighted by Crippen LogP contribution is -2.06. The van der Waals surface area contributed by atoms with Crippen molar-refractivity contribution < 1.29 is 4.74 Å². The van der Waals surface area contributed by atoms with Crippen LogP contribution in [0.15, 0.2) is 18.3 Å². The van der Waals surface area contributed by atoms with E-state index in [1.165, 1.54) is 0 Å². The van der Waals surface area contributed by atoms with Crippen LogP contribution in [0, 0.1) is 13.8 Å². The lowest BCUT2D eigenvalue weighted by molar-refractivity contribution is 0.398. The Hall–Kier alpha value is -2.17. The molecule has 0 spiro atoms. The summed E-state index contributed by atoms with van der Waals surface area (Å²) in [4.78, 5) is 13.1. The van der Waals surface area contributed by atoms with Gasteiger partial charge in [-0.1, -0.05) is 0 Å².